The fourth-order valence-corrected chi connectivity index (χ4v) is 3.12. The summed E-state index contributed by atoms with van der Waals surface area (Å²) in [5.41, 5.74) is 4.22. The molecule has 0 N–H and O–H groups in total. The van der Waals surface area contributed by atoms with Crippen molar-refractivity contribution >= 4 is 16.8 Å². The van der Waals surface area contributed by atoms with Gasteiger partial charge in [-0.1, -0.05) is 60.2 Å². The average molecular weight is 246 g/mol. The largest absolute Gasteiger partial charge is 0.103 e. The van der Waals surface area contributed by atoms with Crippen molar-refractivity contribution in [1.29, 1.82) is 0 Å². The van der Waals surface area contributed by atoms with Gasteiger partial charge < -0.3 is 0 Å². The number of hydrogen-bond donors (Lipinski definition) is 0. The van der Waals surface area contributed by atoms with Gasteiger partial charge in [-0.05, 0) is 34.7 Å². The second-order valence-corrected chi connectivity index (χ2v) is 5.08. The van der Waals surface area contributed by atoms with Crippen LogP contribution in [0.1, 0.15) is 29.9 Å². The molecule has 0 spiro atoms. The van der Waals surface area contributed by atoms with Crippen molar-refractivity contribution in [3.63, 3.8) is 0 Å². The summed E-state index contributed by atoms with van der Waals surface area (Å²) in [6.45, 7) is 7.80. The summed E-state index contributed by atoms with van der Waals surface area (Å²) in [6.07, 6.45) is 8.30. The second kappa shape index (κ2) is 4.89. The minimum Gasteiger partial charge on any atom is -0.103 e. The Hall–Kier alpha value is -2.08. The lowest BCUT2D eigenvalue weighted by atomic mass is 9.78. The highest BCUT2D eigenvalue weighted by molar-refractivity contribution is 5.96. The van der Waals surface area contributed by atoms with E-state index in [0.29, 0.717) is 5.92 Å². The zero-order valence-corrected chi connectivity index (χ0v) is 11.1. The zero-order valence-electron chi connectivity index (χ0n) is 11.1. The Morgan fingerprint density at radius 2 is 1.79 bits per heavy atom. The fourth-order valence-electron chi connectivity index (χ4n) is 3.12. The maximum atomic E-state index is 3.92. The van der Waals surface area contributed by atoms with Crippen LogP contribution in [0.4, 0.5) is 0 Å². The summed E-state index contributed by atoms with van der Waals surface area (Å²) >= 11 is 0. The predicted molar refractivity (Wildman–Crippen MR) is 84.3 cm³/mol. The standard InChI is InChI=1S/C19H18/c1-3-7-15-13-16-11-5-9-14-10-6-12-18(19(14)16)17(15)8-4-2/h3-6,9-13,17H,1-2,7-8H2. The molecule has 0 heteroatoms. The van der Waals surface area contributed by atoms with Crippen LogP contribution in [0.15, 0.2) is 67.3 Å². The van der Waals surface area contributed by atoms with Crippen molar-refractivity contribution in [3.05, 3.63) is 78.4 Å². The van der Waals surface area contributed by atoms with Gasteiger partial charge in [0, 0.05) is 5.92 Å². The predicted octanol–water partition coefficient (Wildman–Crippen LogP) is 5.47. The van der Waals surface area contributed by atoms with Crippen LogP contribution in [0.2, 0.25) is 0 Å². The molecule has 1 aliphatic rings. The highest BCUT2D eigenvalue weighted by Gasteiger charge is 2.22. The van der Waals surface area contributed by atoms with Gasteiger partial charge in [-0.3, -0.25) is 0 Å². The van der Waals surface area contributed by atoms with Gasteiger partial charge in [0.25, 0.3) is 0 Å². The molecule has 1 atom stereocenters. The van der Waals surface area contributed by atoms with Gasteiger partial charge in [0.1, 0.15) is 0 Å². The van der Waals surface area contributed by atoms with Gasteiger partial charge >= 0.3 is 0 Å². The highest BCUT2D eigenvalue weighted by Crippen LogP contribution is 2.41. The van der Waals surface area contributed by atoms with Crippen LogP contribution in [0.3, 0.4) is 0 Å². The molecule has 0 saturated heterocycles. The van der Waals surface area contributed by atoms with E-state index in [-0.39, 0.29) is 0 Å². The summed E-state index contributed by atoms with van der Waals surface area (Å²) in [5.74, 6) is 0.453. The van der Waals surface area contributed by atoms with Crippen LogP contribution in [0.5, 0.6) is 0 Å². The lowest BCUT2D eigenvalue weighted by Gasteiger charge is -2.26. The van der Waals surface area contributed by atoms with E-state index in [1.54, 1.807) is 0 Å². The van der Waals surface area contributed by atoms with E-state index in [9.17, 15) is 0 Å². The van der Waals surface area contributed by atoms with Crippen molar-refractivity contribution in [2.45, 2.75) is 18.8 Å². The molecule has 0 fully saturated rings. The molecule has 0 radical (unpaired) electrons. The van der Waals surface area contributed by atoms with E-state index in [4.69, 9.17) is 0 Å². The average Bonchev–Trinajstić information content (AvgIpc) is 2.43. The quantitative estimate of drug-likeness (QED) is 0.627. The lowest BCUT2D eigenvalue weighted by Crippen LogP contribution is -2.07. The van der Waals surface area contributed by atoms with Crippen molar-refractivity contribution in [2.24, 2.45) is 0 Å². The Morgan fingerprint density at radius 3 is 2.53 bits per heavy atom. The summed E-state index contributed by atoms with van der Waals surface area (Å²) < 4.78 is 0. The Labute approximate surface area is 114 Å². The van der Waals surface area contributed by atoms with Gasteiger partial charge in [0.2, 0.25) is 0 Å². The Balaban J connectivity index is 2.27. The number of hydrogen-bond acceptors (Lipinski definition) is 0. The van der Waals surface area contributed by atoms with Crippen LogP contribution < -0.4 is 0 Å². The second-order valence-electron chi connectivity index (χ2n) is 5.08. The van der Waals surface area contributed by atoms with Crippen LogP contribution in [0, 0.1) is 0 Å². The highest BCUT2D eigenvalue weighted by atomic mass is 14.3. The molecule has 0 bridgehead atoms. The van der Waals surface area contributed by atoms with Crippen LogP contribution in [-0.4, -0.2) is 0 Å². The van der Waals surface area contributed by atoms with Crippen LogP contribution in [0.25, 0.3) is 16.8 Å². The zero-order chi connectivity index (χ0) is 13.2. The van der Waals surface area contributed by atoms with E-state index in [1.807, 2.05) is 12.2 Å². The fraction of sp³-hybridized carbons (Fsp3) is 0.158. The maximum absolute atomic E-state index is 3.92. The van der Waals surface area contributed by atoms with Gasteiger partial charge in [0.05, 0.1) is 0 Å². The summed E-state index contributed by atoms with van der Waals surface area (Å²) in [4.78, 5) is 0. The monoisotopic (exact) mass is 246 g/mol. The third-order valence-electron chi connectivity index (χ3n) is 3.92. The minimum absolute atomic E-state index is 0.453. The summed E-state index contributed by atoms with van der Waals surface area (Å²) in [6, 6.07) is 13.2. The van der Waals surface area contributed by atoms with Gasteiger partial charge in [-0.2, -0.15) is 0 Å². The van der Waals surface area contributed by atoms with E-state index < -0.39 is 0 Å². The molecule has 94 valence electrons. The van der Waals surface area contributed by atoms with Gasteiger partial charge in [-0.25, -0.2) is 0 Å². The molecule has 0 nitrogen and oxygen atoms in total. The molecule has 0 saturated carbocycles. The number of allylic oxidation sites excluding steroid dienone is 3. The van der Waals surface area contributed by atoms with E-state index in [1.165, 1.54) is 27.5 Å². The van der Waals surface area contributed by atoms with Crippen molar-refractivity contribution < 1.29 is 0 Å². The molecule has 1 aliphatic carbocycles. The number of rotatable bonds is 4. The topological polar surface area (TPSA) is 0 Å². The third-order valence-corrected chi connectivity index (χ3v) is 3.92. The molecular weight excluding hydrogens is 228 g/mol. The van der Waals surface area contributed by atoms with E-state index in [0.717, 1.165) is 12.8 Å². The first-order valence-corrected chi connectivity index (χ1v) is 6.79. The van der Waals surface area contributed by atoms with E-state index >= 15 is 0 Å². The van der Waals surface area contributed by atoms with Crippen LogP contribution in [-0.2, 0) is 0 Å². The van der Waals surface area contributed by atoms with E-state index in [2.05, 4.69) is 55.6 Å². The molecule has 19 heavy (non-hydrogen) atoms. The lowest BCUT2D eigenvalue weighted by molar-refractivity contribution is 0.796. The normalized spacial score (nSPS) is 17.1. The first-order valence-electron chi connectivity index (χ1n) is 6.79. The third kappa shape index (κ3) is 1.94. The number of benzene rings is 2. The summed E-state index contributed by atoms with van der Waals surface area (Å²) in [7, 11) is 0. The van der Waals surface area contributed by atoms with Crippen LogP contribution >= 0.6 is 0 Å². The Kier molecular flexibility index (Phi) is 3.08. The SMILES string of the molecule is C=CCC1=Cc2cccc3cccc(c23)C1CC=C. The van der Waals surface area contributed by atoms with Crippen molar-refractivity contribution in [2.75, 3.05) is 0 Å². The summed E-state index contributed by atoms with van der Waals surface area (Å²) in [5, 5.41) is 2.74. The molecule has 1 unspecified atom stereocenters. The van der Waals surface area contributed by atoms with Gasteiger partial charge in [0.15, 0.2) is 0 Å². The molecule has 0 aliphatic heterocycles. The molecular formula is C19H18. The Bertz CT molecular complexity index is 668. The molecule has 0 amide bonds. The smallest absolute Gasteiger partial charge is 0.00953 e. The molecule has 2 aromatic carbocycles. The molecule has 0 heterocycles. The minimum atomic E-state index is 0.453. The molecule has 0 aromatic heterocycles. The van der Waals surface area contributed by atoms with Crippen molar-refractivity contribution in [1.82, 2.24) is 0 Å². The van der Waals surface area contributed by atoms with Gasteiger partial charge in [-0.15, -0.1) is 13.2 Å². The Morgan fingerprint density at radius 1 is 1.00 bits per heavy atom. The van der Waals surface area contributed by atoms with Crippen molar-refractivity contribution in [3.8, 4) is 0 Å². The molecule has 2 aromatic rings. The first kappa shape index (κ1) is 12.0. The molecule has 3 rings (SSSR count). The maximum Gasteiger partial charge on any atom is 0.00953 e. The first-order chi connectivity index (χ1) is 9.35.